The first kappa shape index (κ1) is 21.0. The number of amides is 1. The average Bonchev–Trinajstić information content (AvgIpc) is 2.77. The molecular weight excluding hydrogens is 400 g/mol. The van der Waals surface area contributed by atoms with Crippen LogP contribution in [0.2, 0.25) is 5.02 Å². The molecule has 1 amide bonds. The highest BCUT2D eigenvalue weighted by Crippen LogP contribution is 2.25. The lowest BCUT2D eigenvalue weighted by Gasteiger charge is -2.09. The van der Waals surface area contributed by atoms with E-state index in [1.54, 1.807) is 42.5 Å². The molecule has 0 aliphatic heterocycles. The van der Waals surface area contributed by atoms with Crippen molar-refractivity contribution in [3.63, 3.8) is 0 Å². The summed E-state index contributed by atoms with van der Waals surface area (Å²) in [7, 11) is 1.51. The minimum Gasteiger partial charge on any atom is -0.496 e. The summed E-state index contributed by atoms with van der Waals surface area (Å²) < 4.78 is 11.0. The van der Waals surface area contributed by atoms with Crippen LogP contribution in [0.4, 0.5) is 5.69 Å². The van der Waals surface area contributed by atoms with Crippen LogP contribution >= 0.6 is 11.6 Å². The zero-order chi connectivity index (χ0) is 21.3. The summed E-state index contributed by atoms with van der Waals surface area (Å²) in [6.45, 7) is 0.454. The zero-order valence-corrected chi connectivity index (χ0v) is 17.0. The van der Waals surface area contributed by atoms with Gasteiger partial charge in [0.05, 0.1) is 7.11 Å². The molecular formula is C24H19ClN2O3. The van der Waals surface area contributed by atoms with Gasteiger partial charge in [0.25, 0.3) is 5.91 Å². The van der Waals surface area contributed by atoms with Gasteiger partial charge in [-0.2, -0.15) is 5.26 Å². The molecule has 3 aromatic rings. The van der Waals surface area contributed by atoms with E-state index in [0.717, 1.165) is 5.56 Å². The molecule has 5 nitrogen and oxygen atoms in total. The third kappa shape index (κ3) is 5.63. The number of hydrogen-bond acceptors (Lipinski definition) is 4. The van der Waals surface area contributed by atoms with Crippen LogP contribution in [0.25, 0.3) is 6.08 Å². The van der Waals surface area contributed by atoms with Gasteiger partial charge in [0.1, 0.15) is 29.7 Å². The smallest absolute Gasteiger partial charge is 0.266 e. The Kier molecular flexibility index (Phi) is 7.09. The number of methoxy groups -OCH3 is 1. The largest absolute Gasteiger partial charge is 0.496 e. The highest BCUT2D eigenvalue weighted by molar-refractivity contribution is 6.30. The van der Waals surface area contributed by atoms with Crippen molar-refractivity contribution in [1.82, 2.24) is 0 Å². The maximum atomic E-state index is 12.5. The first-order chi connectivity index (χ1) is 14.6. The maximum absolute atomic E-state index is 12.5. The molecule has 0 heterocycles. The lowest BCUT2D eigenvalue weighted by molar-refractivity contribution is -0.112. The summed E-state index contributed by atoms with van der Waals surface area (Å²) in [6.07, 6.45) is 1.44. The fraction of sp³-hybridized carbons (Fsp3) is 0.0833. The molecule has 1 N–H and O–H groups in total. The number of nitrogens with one attached hydrogen (secondary N) is 1. The summed E-state index contributed by atoms with van der Waals surface area (Å²) >= 11 is 6.01. The molecule has 3 aromatic carbocycles. The predicted octanol–water partition coefficient (Wildman–Crippen LogP) is 5.47. The lowest BCUT2D eigenvalue weighted by Crippen LogP contribution is -2.13. The van der Waals surface area contributed by atoms with Crippen molar-refractivity contribution in [1.29, 1.82) is 5.26 Å². The SMILES string of the molecule is COc1ccc(Cl)cc1/C=C(\C#N)C(=O)Nc1ccc(OCc2ccccc2)cc1. The van der Waals surface area contributed by atoms with E-state index in [4.69, 9.17) is 21.1 Å². The van der Waals surface area contributed by atoms with E-state index in [0.29, 0.717) is 34.4 Å². The van der Waals surface area contributed by atoms with Gasteiger partial charge in [-0.15, -0.1) is 0 Å². The number of carbonyl (C=O) groups is 1. The Morgan fingerprint density at radius 1 is 1.10 bits per heavy atom. The van der Waals surface area contributed by atoms with Crippen LogP contribution < -0.4 is 14.8 Å². The third-order valence-electron chi connectivity index (χ3n) is 4.22. The molecule has 0 saturated heterocycles. The van der Waals surface area contributed by atoms with Crippen molar-refractivity contribution in [2.45, 2.75) is 6.61 Å². The molecule has 0 atom stereocenters. The second kappa shape index (κ2) is 10.1. The highest BCUT2D eigenvalue weighted by Gasteiger charge is 2.12. The second-order valence-electron chi connectivity index (χ2n) is 6.31. The molecule has 0 saturated carbocycles. The van der Waals surface area contributed by atoms with Gasteiger partial charge in [0.15, 0.2) is 0 Å². The van der Waals surface area contributed by atoms with E-state index in [9.17, 15) is 10.1 Å². The molecule has 6 heteroatoms. The Balaban J connectivity index is 1.67. The quantitative estimate of drug-likeness (QED) is 0.407. The summed E-state index contributed by atoms with van der Waals surface area (Å²) in [5, 5.41) is 12.6. The van der Waals surface area contributed by atoms with Gasteiger partial charge < -0.3 is 14.8 Å². The predicted molar refractivity (Wildman–Crippen MR) is 117 cm³/mol. The van der Waals surface area contributed by atoms with Crippen molar-refractivity contribution in [3.05, 3.63) is 94.5 Å². The number of nitriles is 1. The molecule has 3 rings (SSSR count). The average molecular weight is 419 g/mol. The van der Waals surface area contributed by atoms with Crippen molar-refractivity contribution < 1.29 is 14.3 Å². The second-order valence-corrected chi connectivity index (χ2v) is 6.75. The Hall–Kier alpha value is -3.75. The fourth-order valence-electron chi connectivity index (χ4n) is 2.70. The number of anilines is 1. The minimum absolute atomic E-state index is 0.0695. The van der Waals surface area contributed by atoms with Gasteiger partial charge in [-0.3, -0.25) is 4.79 Å². The van der Waals surface area contributed by atoms with Crippen LogP contribution in [0.15, 0.2) is 78.4 Å². The molecule has 0 aromatic heterocycles. The molecule has 0 unspecified atom stereocenters. The number of carbonyl (C=O) groups excluding carboxylic acids is 1. The maximum Gasteiger partial charge on any atom is 0.266 e. The topological polar surface area (TPSA) is 71.3 Å². The van der Waals surface area contributed by atoms with E-state index in [-0.39, 0.29) is 5.57 Å². The third-order valence-corrected chi connectivity index (χ3v) is 4.45. The molecule has 0 fully saturated rings. The number of hydrogen-bond donors (Lipinski definition) is 1. The van der Waals surface area contributed by atoms with Crippen molar-refractivity contribution in [2.75, 3.05) is 12.4 Å². The van der Waals surface area contributed by atoms with Crippen LogP contribution in [0.1, 0.15) is 11.1 Å². The molecule has 30 heavy (non-hydrogen) atoms. The zero-order valence-electron chi connectivity index (χ0n) is 16.3. The van der Waals surface area contributed by atoms with E-state index >= 15 is 0 Å². The van der Waals surface area contributed by atoms with Crippen molar-refractivity contribution in [3.8, 4) is 17.6 Å². The molecule has 0 aliphatic carbocycles. The van der Waals surface area contributed by atoms with Gasteiger partial charge >= 0.3 is 0 Å². The Labute approximate surface area is 180 Å². The normalized spacial score (nSPS) is 10.8. The first-order valence-corrected chi connectivity index (χ1v) is 9.50. The number of halogens is 1. The van der Waals surface area contributed by atoms with Crippen molar-refractivity contribution >= 4 is 29.3 Å². The number of ether oxygens (including phenoxy) is 2. The Morgan fingerprint density at radius 3 is 2.50 bits per heavy atom. The van der Waals surface area contributed by atoms with Crippen LogP contribution in [-0.2, 0) is 11.4 Å². The van der Waals surface area contributed by atoms with Gasteiger partial charge in [-0.1, -0.05) is 41.9 Å². The molecule has 150 valence electrons. The molecule has 0 spiro atoms. The fourth-order valence-corrected chi connectivity index (χ4v) is 2.88. The van der Waals surface area contributed by atoms with Gasteiger partial charge in [-0.25, -0.2) is 0 Å². The van der Waals surface area contributed by atoms with E-state index in [1.807, 2.05) is 36.4 Å². The van der Waals surface area contributed by atoms with E-state index < -0.39 is 5.91 Å². The Morgan fingerprint density at radius 2 is 1.83 bits per heavy atom. The molecule has 0 radical (unpaired) electrons. The Bertz CT molecular complexity index is 1090. The number of nitrogens with zero attached hydrogens (tertiary/aromatic N) is 1. The van der Waals surface area contributed by atoms with Gasteiger partial charge in [0.2, 0.25) is 0 Å². The summed E-state index contributed by atoms with van der Waals surface area (Å²) in [5.41, 5.74) is 2.09. The first-order valence-electron chi connectivity index (χ1n) is 9.12. The van der Waals surface area contributed by atoms with Gasteiger partial charge in [-0.05, 0) is 54.1 Å². The van der Waals surface area contributed by atoms with E-state index in [2.05, 4.69) is 5.32 Å². The van der Waals surface area contributed by atoms with Crippen molar-refractivity contribution in [2.24, 2.45) is 0 Å². The van der Waals surface area contributed by atoms with Crippen LogP contribution in [-0.4, -0.2) is 13.0 Å². The standard InChI is InChI=1S/C24H19ClN2O3/c1-29-23-12-7-20(25)14-18(23)13-19(15-26)24(28)27-21-8-10-22(11-9-21)30-16-17-5-3-2-4-6-17/h2-14H,16H2,1H3,(H,27,28)/b19-13+. The summed E-state index contributed by atoms with van der Waals surface area (Å²) in [6, 6.07) is 23.7. The molecule has 0 aliphatic rings. The molecule has 0 bridgehead atoms. The van der Waals surface area contributed by atoms with E-state index in [1.165, 1.54) is 13.2 Å². The highest BCUT2D eigenvalue weighted by atomic mass is 35.5. The van der Waals surface area contributed by atoms with Crippen LogP contribution in [0.5, 0.6) is 11.5 Å². The lowest BCUT2D eigenvalue weighted by atomic mass is 10.1. The monoisotopic (exact) mass is 418 g/mol. The summed E-state index contributed by atoms with van der Waals surface area (Å²) in [4.78, 5) is 12.5. The number of benzene rings is 3. The van der Waals surface area contributed by atoms with Gasteiger partial charge in [0, 0.05) is 16.3 Å². The summed E-state index contributed by atoms with van der Waals surface area (Å²) in [5.74, 6) is 0.661. The minimum atomic E-state index is -0.530. The number of rotatable bonds is 7. The van der Waals surface area contributed by atoms with Crippen LogP contribution in [0, 0.1) is 11.3 Å². The van der Waals surface area contributed by atoms with Crippen LogP contribution in [0.3, 0.4) is 0 Å².